The summed E-state index contributed by atoms with van der Waals surface area (Å²) in [6.07, 6.45) is 3.61. The Morgan fingerprint density at radius 3 is 2.47 bits per heavy atom. The molecule has 146 valence electrons. The summed E-state index contributed by atoms with van der Waals surface area (Å²) in [5.41, 5.74) is 3.49. The van der Waals surface area contributed by atoms with E-state index in [1.807, 2.05) is 24.4 Å². The van der Waals surface area contributed by atoms with Crippen LogP contribution in [0.15, 0.2) is 102 Å². The summed E-state index contributed by atoms with van der Waals surface area (Å²) < 4.78 is 2.18. The van der Waals surface area contributed by atoms with E-state index in [1.165, 1.54) is 21.9 Å². The molecule has 0 fully saturated rings. The lowest BCUT2D eigenvalue weighted by Gasteiger charge is -2.11. The van der Waals surface area contributed by atoms with Gasteiger partial charge in [0.25, 0.3) is 0 Å². The standard InChI is InChI=1S/C25H20N4S/c1-2-8-19(9-3-1)17-29-24(21-13-7-15-26-16-21)27-28-25(29)30-18-22-12-6-11-20-10-4-5-14-23(20)22/h1-16H,17-18H2. The fourth-order valence-corrected chi connectivity index (χ4v) is 4.51. The van der Waals surface area contributed by atoms with Crippen molar-refractivity contribution in [3.63, 3.8) is 0 Å². The van der Waals surface area contributed by atoms with Gasteiger partial charge >= 0.3 is 0 Å². The molecular formula is C25H20N4S. The van der Waals surface area contributed by atoms with Gasteiger partial charge < -0.3 is 0 Å². The zero-order chi connectivity index (χ0) is 20.2. The quantitative estimate of drug-likeness (QED) is 0.331. The van der Waals surface area contributed by atoms with Crippen LogP contribution in [-0.2, 0) is 12.3 Å². The number of aromatic nitrogens is 4. The highest BCUT2D eigenvalue weighted by molar-refractivity contribution is 7.98. The Kier molecular flexibility index (Phi) is 5.27. The highest BCUT2D eigenvalue weighted by Gasteiger charge is 2.15. The van der Waals surface area contributed by atoms with Gasteiger partial charge in [0.1, 0.15) is 0 Å². The smallest absolute Gasteiger partial charge is 0.192 e. The summed E-state index contributed by atoms with van der Waals surface area (Å²) in [7, 11) is 0. The van der Waals surface area contributed by atoms with Crippen LogP contribution < -0.4 is 0 Å². The molecule has 2 heterocycles. The van der Waals surface area contributed by atoms with Gasteiger partial charge in [-0.2, -0.15) is 0 Å². The van der Waals surface area contributed by atoms with E-state index < -0.39 is 0 Å². The van der Waals surface area contributed by atoms with Crippen molar-refractivity contribution in [1.82, 2.24) is 19.7 Å². The van der Waals surface area contributed by atoms with Crippen LogP contribution in [0, 0.1) is 0 Å². The highest BCUT2D eigenvalue weighted by Crippen LogP contribution is 2.29. The molecule has 0 bridgehead atoms. The van der Waals surface area contributed by atoms with Crippen molar-refractivity contribution in [3.05, 3.63) is 108 Å². The number of pyridine rings is 1. The number of nitrogens with zero attached hydrogens (tertiary/aromatic N) is 4. The molecule has 5 rings (SSSR count). The van der Waals surface area contributed by atoms with Crippen molar-refractivity contribution < 1.29 is 0 Å². The fourth-order valence-electron chi connectivity index (χ4n) is 3.57. The van der Waals surface area contributed by atoms with Gasteiger partial charge in [-0.25, -0.2) is 0 Å². The van der Waals surface area contributed by atoms with Gasteiger partial charge in [0.2, 0.25) is 0 Å². The van der Waals surface area contributed by atoms with Gasteiger partial charge in [-0.3, -0.25) is 9.55 Å². The number of fused-ring (bicyclic) bond motifs is 1. The summed E-state index contributed by atoms with van der Waals surface area (Å²) in [5, 5.41) is 12.5. The van der Waals surface area contributed by atoms with Crippen molar-refractivity contribution in [2.45, 2.75) is 17.5 Å². The molecule has 0 saturated carbocycles. The lowest BCUT2D eigenvalue weighted by atomic mass is 10.1. The maximum atomic E-state index is 4.53. The van der Waals surface area contributed by atoms with E-state index in [-0.39, 0.29) is 0 Å². The zero-order valence-corrected chi connectivity index (χ0v) is 17.2. The molecule has 0 atom stereocenters. The molecule has 0 amide bonds. The molecule has 5 heteroatoms. The molecule has 2 aromatic heterocycles. The molecule has 0 aliphatic heterocycles. The molecule has 0 aliphatic carbocycles. The van der Waals surface area contributed by atoms with Crippen LogP contribution >= 0.6 is 11.8 Å². The summed E-state index contributed by atoms with van der Waals surface area (Å²) in [5.74, 6) is 1.67. The maximum absolute atomic E-state index is 4.53. The Hall–Kier alpha value is -3.44. The normalized spacial score (nSPS) is 11.1. The Labute approximate surface area is 179 Å². The lowest BCUT2D eigenvalue weighted by molar-refractivity contribution is 0.714. The first-order chi connectivity index (χ1) is 14.9. The summed E-state index contributed by atoms with van der Waals surface area (Å²) >= 11 is 1.72. The van der Waals surface area contributed by atoms with E-state index in [1.54, 1.807) is 18.0 Å². The van der Waals surface area contributed by atoms with Crippen LogP contribution in [0.1, 0.15) is 11.1 Å². The maximum Gasteiger partial charge on any atom is 0.192 e. The van der Waals surface area contributed by atoms with E-state index in [0.717, 1.165) is 28.8 Å². The van der Waals surface area contributed by atoms with Crippen LogP contribution in [0.5, 0.6) is 0 Å². The Bertz CT molecular complexity index is 1260. The first-order valence-electron chi connectivity index (χ1n) is 9.85. The minimum atomic E-state index is 0.718. The van der Waals surface area contributed by atoms with Gasteiger partial charge in [-0.15, -0.1) is 10.2 Å². The number of rotatable bonds is 6. The average Bonchev–Trinajstić information content (AvgIpc) is 3.21. The van der Waals surface area contributed by atoms with Crippen LogP contribution in [-0.4, -0.2) is 19.7 Å². The van der Waals surface area contributed by atoms with Gasteiger partial charge in [0, 0.05) is 23.7 Å². The van der Waals surface area contributed by atoms with Crippen molar-refractivity contribution in [3.8, 4) is 11.4 Å². The SMILES string of the molecule is c1ccc(Cn2c(SCc3cccc4ccccc34)nnc2-c2cccnc2)cc1. The van der Waals surface area contributed by atoms with E-state index in [2.05, 4.69) is 86.5 Å². The first kappa shape index (κ1) is 18.6. The topological polar surface area (TPSA) is 43.6 Å². The van der Waals surface area contributed by atoms with Crippen molar-refractivity contribution >= 4 is 22.5 Å². The number of hydrogen-bond donors (Lipinski definition) is 0. The van der Waals surface area contributed by atoms with Gasteiger partial charge in [0.15, 0.2) is 11.0 Å². The average molecular weight is 409 g/mol. The number of hydrogen-bond acceptors (Lipinski definition) is 4. The summed E-state index contributed by atoms with van der Waals surface area (Å²) in [6, 6.07) is 29.3. The van der Waals surface area contributed by atoms with E-state index in [4.69, 9.17) is 0 Å². The highest BCUT2D eigenvalue weighted by atomic mass is 32.2. The molecular weight excluding hydrogens is 388 g/mol. The summed E-state index contributed by atoms with van der Waals surface area (Å²) in [4.78, 5) is 4.26. The summed E-state index contributed by atoms with van der Waals surface area (Å²) in [6.45, 7) is 0.718. The van der Waals surface area contributed by atoms with Crippen molar-refractivity contribution in [2.24, 2.45) is 0 Å². The van der Waals surface area contributed by atoms with Gasteiger partial charge in [0.05, 0.1) is 6.54 Å². The number of benzene rings is 3. The van der Waals surface area contributed by atoms with Gasteiger partial charge in [-0.05, 0) is 34.0 Å². The molecule has 0 N–H and O–H groups in total. The molecule has 30 heavy (non-hydrogen) atoms. The first-order valence-corrected chi connectivity index (χ1v) is 10.8. The monoisotopic (exact) mass is 408 g/mol. The molecule has 0 spiro atoms. The Morgan fingerprint density at radius 2 is 1.60 bits per heavy atom. The minimum Gasteiger partial charge on any atom is -0.297 e. The largest absolute Gasteiger partial charge is 0.297 e. The third-order valence-electron chi connectivity index (χ3n) is 5.06. The number of thioether (sulfide) groups is 1. The van der Waals surface area contributed by atoms with Crippen molar-refractivity contribution in [1.29, 1.82) is 0 Å². The van der Waals surface area contributed by atoms with Crippen LogP contribution in [0.4, 0.5) is 0 Å². The second kappa shape index (κ2) is 8.51. The zero-order valence-electron chi connectivity index (χ0n) is 16.3. The molecule has 4 nitrogen and oxygen atoms in total. The molecule has 5 aromatic rings. The van der Waals surface area contributed by atoms with Crippen LogP contribution in [0.2, 0.25) is 0 Å². The molecule has 0 radical (unpaired) electrons. The second-order valence-electron chi connectivity index (χ2n) is 7.05. The van der Waals surface area contributed by atoms with Crippen LogP contribution in [0.3, 0.4) is 0 Å². The van der Waals surface area contributed by atoms with E-state index in [9.17, 15) is 0 Å². The van der Waals surface area contributed by atoms with E-state index >= 15 is 0 Å². The van der Waals surface area contributed by atoms with Crippen LogP contribution in [0.25, 0.3) is 22.2 Å². The Balaban J connectivity index is 1.49. The second-order valence-corrected chi connectivity index (χ2v) is 7.99. The molecule has 0 unspecified atom stereocenters. The molecule has 3 aromatic carbocycles. The predicted octanol–water partition coefficient (Wildman–Crippen LogP) is 5.83. The van der Waals surface area contributed by atoms with Gasteiger partial charge in [-0.1, -0.05) is 84.6 Å². The molecule has 0 aliphatic rings. The third kappa shape index (κ3) is 3.84. The lowest BCUT2D eigenvalue weighted by Crippen LogP contribution is -2.04. The fraction of sp³-hybridized carbons (Fsp3) is 0.0800. The minimum absolute atomic E-state index is 0.718. The van der Waals surface area contributed by atoms with Crippen molar-refractivity contribution in [2.75, 3.05) is 0 Å². The third-order valence-corrected chi connectivity index (χ3v) is 6.07. The molecule has 0 saturated heterocycles. The Morgan fingerprint density at radius 1 is 0.767 bits per heavy atom. The predicted molar refractivity (Wildman–Crippen MR) is 122 cm³/mol. The van der Waals surface area contributed by atoms with E-state index in [0.29, 0.717) is 0 Å².